The van der Waals surface area contributed by atoms with Crippen molar-refractivity contribution in [3.05, 3.63) is 35.4 Å². The van der Waals surface area contributed by atoms with Gasteiger partial charge < -0.3 is 35.4 Å². The van der Waals surface area contributed by atoms with Crippen LogP contribution in [0.15, 0.2) is 24.3 Å². The highest BCUT2D eigenvalue weighted by Gasteiger charge is 2.27. The molecule has 2 fully saturated rings. The third-order valence-corrected chi connectivity index (χ3v) is 7.71. The molecule has 0 atom stereocenters. The van der Waals surface area contributed by atoms with Crippen LogP contribution in [0, 0.1) is 0 Å². The van der Waals surface area contributed by atoms with Crippen molar-refractivity contribution in [3.63, 3.8) is 0 Å². The zero-order chi connectivity index (χ0) is 26.6. The minimum absolute atomic E-state index is 0.0536. The fourth-order valence-corrected chi connectivity index (χ4v) is 5.37. The van der Waals surface area contributed by atoms with Gasteiger partial charge in [-0.05, 0) is 50.4 Å². The van der Waals surface area contributed by atoms with Crippen LogP contribution in [0.4, 0.5) is 21.4 Å². The van der Waals surface area contributed by atoms with Crippen LogP contribution >= 0.6 is 0 Å². The molecule has 3 aliphatic rings. The Morgan fingerprint density at radius 3 is 2.50 bits per heavy atom. The van der Waals surface area contributed by atoms with Gasteiger partial charge in [0.15, 0.2) is 0 Å². The molecule has 0 spiro atoms. The van der Waals surface area contributed by atoms with Crippen LogP contribution in [0.25, 0.3) is 11.3 Å². The number of anilines is 2. The van der Waals surface area contributed by atoms with Gasteiger partial charge in [0.2, 0.25) is 5.95 Å². The maximum absolute atomic E-state index is 13.1. The smallest absolute Gasteiger partial charge is 0.409 e. The van der Waals surface area contributed by atoms with Crippen LogP contribution in [-0.2, 0) is 17.7 Å². The highest BCUT2D eigenvalue weighted by Crippen LogP contribution is 2.28. The quantitative estimate of drug-likeness (QED) is 0.627. The van der Waals surface area contributed by atoms with Crippen LogP contribution in [0.2, 0.25) is 0 Å². The number of hydrogen-bond acceptors (Lipinski definition) is 8. The molecule has 0 radical (unpaired) electrons. The number of piperazine rings is 1. The van der Waals surface area contributed by atoms with Crippen molar-refractivity contribution in [2.45, 2.75) is 38.8 Å². The number of nitrogens with two attached hydrogens (primary N) is 1. The fraction of sp³-hybridized carbons (Fsp3) is 0.556. The standard InChI is InChI=1S/C27H38N8O3/c1-3-38-27(37)34-10-7-22(8-11-34)29-26(36)35-9-6-19-4-5-20(16-21(19)18-35)23-17-24(31-25(28)30-23)33-14-12-32(2)13-15-33/h4-5,16-17,22H,3,6-15,18H2,1-2H3,(H,29,36)(H2,28,30,31). The SMILES string of the molecule is CCOC(=O)N1CCC(NC(=O)N2CCc3ccc(-c4cc(N5CCN(C)CC5)nc(N)n4)cc3C2)CC1. The molecule has 1 aromatic carbocycles. The average molecular weight is 523 g/mol. The summed E-state index contributed by atoms with van der Waals surface area (Å²) in [6.45, 7) is 8.36. The van der Waals surface area contributed by atoms with E-state index in [1.165, 1.54) is 5.56 Å². The van der Waals surface area contributed by atoms with Crippen molar-refractivity contribution >= 4 is 23.9 Å². The number of ether oxygens (including phenoxy) is 1. The minimum Gasteiger partial charge on any atom is -0.450 e. The van der Waals surface area contributed by atoms with Crippen LogP contribution in [0.5, 0.6) is 0 Å². The molecule has 38 heavy (non-hydrogen) atoms. The van der Waals surface area contributed by atoms with Gasteiger partial charge in [-0.3, -0.25) is 0 Å². The van der Waals surface area contributed by atoms with Gasteiger partial charge in [-0.1, -0.05) is 12.1 Å². The van der Waals surface area contributed by atoms with E-state index in [-0.39, 0.29) is 24.1 Å². The average Bonchev–Trinajstić information content (AvgIpc) is 2.93. The Morgan fingerprint density at radius 2 is 1.76 bits per heavy atom. The Hall–Kier alpha value is -3.60. The molecule has 11 nitrogen and oxygen atoms in total. The predicted octanol–water partition coefficient (Wildman–Crippen LogP) is 2.17. The van der Waals surface area contributed by atoms with E-state index < -0.39 is 0 Å². The molecule has 2 saturated heterocycles. The Kier molecular flexibility index (Phi) is 7.82. The van der Waals surface area contributed by atoms with E-state index in [4.69, 9.17) is 10.5 Å². The summed E-state index contributed by atoms with van der Waals surface area (Å²) < 4.78 is 5.09. The third-order valence-electron chi connectivity index (χ3n) is 7.71. The first kappa shape index (κ1) is 26.0. The molecule has 0 bridgehead atoms. The maximum Gasteiger partial charge on any atom is 0.409 e. The van der Waals surface area contributed by atoms with Crippen molar-refractivity contribution in [1.29, 1.82) is 0 Å². The van der Waals surface area contributed by atoms with Crippen molar-refractivity contribution in [2.24, 2.45) is 0 Å². The van der Waals surface area contributed by atoms with E-state index in [2.05, 4.69) is 50.3 Å². The highest BCUT2D eigenvalue weighted by atomic mass is 16.6. The minimum atomic E-state index is -0.276. The van der Waals surface area contributed by atoms with Gasteiger partial charge in [-0.25, -0.2) is 14.6 Å². The fourth-order valence-electron chi connectivity index (χ4n) is 5.37. The van der Waals surface area contributed by atoms with Gasteiger partial charge in [0, 0.05) is 70.0 Å². The monoisotopic (exact) mass is 522 g/mol. The second-order valence-electron chi connectivity index (χ2n) is 10.3. The molecular weight excluding hydrogens is 484 g/mol. The number of carbonyl (C=O) groups is 2. The number of nitrogens with zero attached hydrogens (tertiary/aromatic N) is 6. The number of urea groups is 1. The molecule has 0 aliphatic carbocycles. The van der Waals surface area contributed by atoms with Crippen LogP contribution in [0.1, 0.15) is 30.9 Å². The molecule has 2 aromatic rings. The highest BCUT2D eigenvalue weighted by molar-refractivity contribution is 5.75. The Bertz CT molecular complexity index is 1160. The van der Waals surface area contributed by atoms with Gasteiger partial charge in [-0.2, -0.15) is 4.98 Å². The summed E-state index contributed by atoms with van der Waals surface area (Å²) in [4.78, 5) is 42.2. The molecule has 3 N–H and O–H groups in total. The number of rotatable bonds is 4. The van der Waals surface area contributed by atoms with Crippen molar-refractivity contribution in [3.8, 4) is 11.3 Å². The Morgan fingerprint density at radius 1 is 1.00 bits per heavy atom. The summed E-state index contributed by atoms with van der Waals surface area (Å²) in [5, 5.41) is 3.17. The maximum atomic E-state index is 13.1. The Balaban J connectivity index is 1.23. The van der Waals surface area contributed by atoms with Gasteiger partial charge in [0.25, 0.3) is 0 Å². The summed E-state index contributed by atoms with van der Waals surface area (Å²) in [6.07, 6.45) is 1.98. The summed E-state index contributed by atoms with van der Waals surface area (Å²) in [7, 11) is 2.13. The molecule has 11 heteroatoms. The van der Waals surface area contributed by atoms with Crippen LogP contribution < -0.4 is 16.0 Å². The van der Waals surface area contributed by atoms with Crippen LogP contribution in [-0.4, -0.2) is 102 Å². The molecule has 0 saturated carbocycles. The zero-order valence-corrected chi connectivity index (χ0v) is 22.4. The molecule has 1 aromatic heterocycles. The zero-order valence-electron chi connectivity index (χ0n) is 22.4. The molecule has 4 heterocycles. The summed E-state index contributed by atoms with van der Waals surface area (Å²) in [5.74, 6) is 1.12. The third kappa shape index (κ3) is 5.93. The largest absolute Gasteiger partial charge is 0.450 e. The molecular formula is C27H38N8O3. The number of carbonyl (C=O) groups excluding carboxylic acids is 2. The number of fused-ring (bicyclic) bond motifs is 1. The van der Waals surface area contributed by atoms with Crippen molar-refractivity contribution in [2.75, 3.05) is 70.1 Å². The summed E-state index contributed by atoms with van der Waals surface area (Å²) >= 11 is 0. The molecule has 0 unspecified atom stereocenters. The van der Waals surface area contributed by atoms with E-state index in [9.17, 15) is 9.59 Å². The lowest BCUT2D eigenvalue weighted by Gasteiger charge is -2.34. The van der Waals surface area contributed by atoms with Gasteiger partial charge >= 0.3 is 12.1 Å². The number of likely N-dealkylation sites (tertiary alicyclic amines) is 1. The summed E-state index contributed by atoms with van der Waals surface area (Å²) in [5.41, 5.74) is 10.3. The Labute approximate surface area is 223 Å². The lowest BCUT2D eigenvalue weighted by molar-refractivity contribution is 0.0950. The van der Waals surface area contributed by atoms with Crippen LogP contribution in [0.3, 0.4) is 0 Å². The number of piperidine rings is 1. The number of likely N-dealkylation sites (N-methyl/N-ethyl adjacent to an activating group) is 1. The first-order chi connectivity index (χ1) is 18.4. The van der Waals surface area contributed by atoms with E-state index in [0.717, 1.165) is 68.1 Å². The number of nitrogen functional groups attached to an aromatic ring is 1. The van der Waals surface area contributed by atoms with Crippen molar-refractivity contribution < 1.29 is 14.3 Å². The molecule has 3 amide bonds. The second kappa shape index (κ2) is 11.4. The number of benzene rings is 1. The number of aromatic nitrogens is 2. The van der Waals surface area contributed by atoms with E-state index >= 15 is 0 Å². The predicted molar refractivity (Wildman–Crippen MR) is 146 cm³/mol. The van der Waals surface area contributed by atoms with Gasteiger partial charge in [0.1, 0.15) is 5.82 Å². The first-order valence-electron chi connectivity index (χ1n) is 13.6. The first-order valence-corrected chi connectivity index (χ1v) is 13.6. The molecule has 3 aliphatic heterocycles. The number of nitrogens with one attached hydrogen (secondary N) is 1. The number of amides is 3. The lowest BCUT2D eigenvalue weighted by Crippen LogP contribution is -2.51. The summed E-state index contributed by atoms with van der Waals surface area (Å²) in [6, 6.07) is 8.36. The van der Waals surface area contributed by atoms with E-state index in [1.807, 2.05) is 11.0 Å². The van der Waals surface area contributed by atoms with Gasteiger partial charge in [-0.15, -0.1) is 0 Å². The normalized spacial score (nSPS) is 18.7. The van der Waals surface area contributed by atoms with Crippen molar-refractivity contribution in [1.82, 2.24) is 30.0 Å². The lowest BCUT2D eigenvalue weighted by atomic mass is 9.96. The number of hydrogen-bond donors (Lipinski definition) is 2. The van der Waals surface area contributed by atoms with E-state index in [0.29, 0.717) is 32.8 Å². The van der Waals surface area contributed by atoms with E-state index in [1.54, 1.807) is 11.8 Å². The topological polar surface area (TPSA) is 120 Å². The van der Waals surface area contributed by atoms with Gasteiger partial charge in [0.05, 0.1) is 12.3 Å². The second-order valence-corrected chi connectivity index (χ2v) is 10.3. The molecule has 204 valence electrons. The molecule has 5 rings (SSSR count).